The second-order valence-corrected chi connectivity index (χ2v) is 6.83. The minimum Gasteiger partial charge on any atom is -0.385 e. The lowest BCUT2D eigenvalue weighted by Crippen LogP contribution is -2.25. The highest BCUT2D eigenvalue weighted by Crippen LogP contribution is 2.12. The molecular formula is C19H22IN3O3. The van der Waals surface area contributed by atoms with E-state index in [2.05, 4.69) is 38.5 Å². The zero-order chi connectivity index (χ0) is 18.8. The number of carbonyl (C=O) groups is 2. The molecule has 0 radical (unpaired) electrons. The molecule has 138 valence electrons. The average Bonchev–Trinajstić information content (AvgIpc) is 2.65. The van der Waals surface area contributed by atoms with Crippen LogP contribution in [0.3, 0.4) is 0 Å². The molecule has 0 spiro atoms. The van der Waals surface area contributed by atoms with Gasteiger partial charge in [0.2, 0.25) is 5.91 Å². The van der Waals surface area contributed by atoms with Crippen molar-refractivity contribution < 1.29 is 14.3 Å². The Kier molecular flexibility index (Phi) is 8.36. The molecule has 2 aromatic carbocycles. The summed E-state index contributed by atoms with van der Waals surface area (Å²) in [5, 5.41) is 8.68. The van der Waals surface area contributed by atoms with Gasteiger partial charge in [-0.25, -0.2) is 0 Å². The van der Waals surface area contributed by atoms with Crippen LogP contribution in [0.4, 0.5) is 11.4 Å². The third-order valence-corrected chi connectivity index (χ3v) is 4.26. The predicted molar refractivity (Wildman–Crippen MR) is 112 cm³/mol. The maximum absolute atomic E-state index is 12.0. The SMILES string of the molecule is COCCCNC(=O)c1ccc(NC(=O)CNc2ccc(I)cc2)cc1. The molecule has 0 aliphatic rings. The molecular weight excluding hydrogens is 445 g/mol. The van der Waals surface area contributed by atoms with Crippen LogP contribution in [0.25, 0.3) is 0 Å². The molecule has 0 atom stereocenters. The second kappa shape index (κ2) is 10.8. The molecule has 0 aliphatic heterocycles. The summed E-state index contributed by atoms with van der Waals surface area (Å²) in [5.74, 6) is -0.292. The number of anilines is 2. The normalized spacial score (nSPS) is 10.2. The van der Waals surface area contributed by atoms with E-state index in [9.17, 15) is 9.59 Å². The quantitative estimate of drug-likeness (QED) is 0.391. The molecule has 0 aliphatic carbocycles. The number of ether oxygens (including phenoxy) is 1. The Hall–Kier alpha value is -2.13. The monoisotopic (exact) mass is 467 g/mol. The number of nitrogens with one attached hydrogen (secondary N) is 3. The number of hydrogen-bond acceptors (Lipinski definition) is 4. The van der Waals surface area contributed by atoms with Crippen molar-refractivity contribution in [3.8, 4) is 0 Å². The van der Waals surface area contributed by atoms with Crippen LogP contribution in [0, 0.1) is 3.57 Å². The number of halogens is 1. The van der Waals surface area contributed by atoms with Crippen LogP contribution in [0.2, 0.25) is 0 Å². The van der Waals surface area contributed by atoms with Crippen molar-refractivity contribution in [3.63, 3.8) is 0 Å². The molecule has 2 amide bonds. The van der Waals surface area contributed by atoms with Gasteiger partial charge in [0.05, 0.1) is 6.54 Å². The first-order valence-electron chi connectivity index (χ1n) is 8.25. The molecule has 0 bridgehead atoms. The first-order valence-corrected chi connectivity index (χ1v) is 9.33. The molecule has 7 heteroatoms. The number of hydrogen-bond donors (Lipinski definition) is 3. The maximum Gasteiger partial charge on any atom is 0.251 e. The van der Waals surface area contributed by atoms with Gasteiger partial charge in [-0.15, -0.1) is 0 Å². The highest BCUT2D eigenvalue weighted by molar-refractivity contribution is 14.1. The summed E-state index contributed by atoms with van der Waals surface area (Å²) in [6.07, 6.45) is 0.768. The third-order valence-electron chi connectivity index (χ3n) is 3.54. The predicted octanol–water partition coefficient (Wildman–Crippen LogP) is 3.11. The van der Waals surface area contributed by atoms with Gasteiger partial charge in [0.1, 0.15) is 0 Å². The van der Waals surface area contributed by atoms with Crippen molar-refractivity contribution in [2.45, 2.75) is 6.42 Å². The van der Waals surface area contributed by atoms with Crippen molar-refractivity contribution in [3.05, 3.63) is 57.7 Å². The summed E-state index contributed by atoms with van der Waals surface area (Å²) < 4.78 is 6.08. The van der Waals surface area contributed by atoms with Crippen molar-refractivity contribution in [1.29, 1.82) is 0 Å². The molecule has 26 heavy (non-hydrogen) atoms. The van der Waals surface area contributed by atoms with Crippen molar-refractivity contribution >= 4 is 45.8 Å². The average molecular weight is 467 g/mol. The summed E-state index contributed by atoms with van der Waals surface area (Å²) in [4.78, 5) is 24.0. The second-order valence-electron chi connectivity index (χ2n) is 5.59. The Labute approximate surface area is 166 Å². The van der Waals surface area contributed by atoms with Gasteiger partial charge in [0.15, 0.2) is 0 Å². The lowest BCUT2D eigenvalue weighted by Gasteiger charge is -2.09. The van der Waals surface area contributed by atoms with E-state index in [0.29, 0.717) is 24.4 Å². The van der Waals surface area contributed by atoms with E-state index in [4.69, 9.17) is 4.74 Å². The Morgan fingerprint density at radius 1 is 1.00 bits per heavy atom. The fourth-order valence-electron chi connectivity index (χ4n) is 2.18. The van der Waals surface area contributed by atoms with Gasteiger partial charge in [-0.2, -0.15) is 0 Å². The van der Waals surface area contributed by atoms with Crippen LogP contribution < -0.4 is 16.0 Å². The van der Waals surface area contributed by atoms with E-state index in [1.165, 1.54) is 0 Å². The van der Waals surface area contributed by atoms with E-state index in [1.807, 2.05) is 24.3 Å². The van der Waals surface area contributed by atoms with E-state index in [-0.39, 0.29) is 18.4 Å². The first kappa shape index (κ1) is 20.2. The van der Waals surface area contributed by atoms with Gasteiger partial charge in [0.25, 0.3) is 5.91 Å². The zero-order valence-electron chi connectivity index (χ0n) is 14.5. The Balaban J connectivity index is 1.77. The van der Waals surface area contributed by atoms with E-state index < -0.39 is 0 Å². The third kappa shape index (κ3) is 7.01. The Bertz CT molecular complexity index is 718. The molecule has 0 unspecified atom stereocenters. The molecule has 0 saturated carbocycles. The van der Waals surface area contributed by atoms with E-state index in [0.717, 1.165) is 15.7 Å². The molecule has 0 heterocycles. The highest BCUT2D eigenvalue weighted by Gasteiger charge is 2.06. The van der Waals surface area contributed by atoms with Crippen LogP contribution in [0.5, 0.6) is 0 Å². The van der Waals surface area contributed by atoms with Gasteiger partial charge in [-0.3, -0.25) is 9.59 Å². The van der Waals surface area contributed by atoms with Crippen LogP contribution in [-0.2, 0) is 9.53 Å². The van der Waals surface area contributed by atoms with Crippen LogP contribution in [-0.4, -0.2) is 38.6 Å². The van der Waals surface area contributed by atoms with Gasteiger partial charge in [-0.1, -0.05) is 0 Å². The molecule has 0 saturated heterocycles. The molecule has 3 N–H and O–H groups in total. The van der Waals surface area contributed by atoms with Crippen LogP contribution in [0.1, 0.15) is 16.8 Å². The standard InChI is InChI=1S/C19H22IN3O3/c1-26-12-2-11-21-19(25)14-3-7-17(8-4-14)23-18(24)13-22-16-9-5-15(20)6-10-16/h3-10,22H,2,11-13H2,1H3,(H,21,25)(H,23,24). The smallest absolute Gasteiger partial charge is 0.251 e. The lowest BCUT2D eigenvalue weighted by atomic mass is 10.2. The van der Waals surface area contributed by atoms with E-state index >= 15 is 0 Å². The van der Waals surface area contributed by atoms with Crippen molar-refractivity contribution in [2.75, 3.05) is 37.4 Å². The van der Waals surface area contributed by atoms with Crippen molar-refractivity contribution in [1.82, 2.24) is 5.32 Å². The fraction of sp³-hybridized carbons (Fsp3) is 0.263. The Morgan fingerprint density at radius 3 is 2.31 bits per heavy atom. The van der Waals surface area contributed by atoms with Gasteiger partial charge >= 0.3 is 0 Å². The topological polar surface area (TPSA) is 79.5 Å². The minimum absolute atomic E-state index is 0.139. The number of carbonyl (C=O) groups excluding carboxylic acids is 2. The summed E-state index contributed by atoms with van der Waals surface area (Å²) in [5.41, 5.74) is 2.09. The lowest BCUT2D eigenvalue weighted by molar-refractivity contribution is -0.114. The Morgan fingerprint density at radius 2 is 1.65 bits per heavy atom. The number of rotatable bonds is 9. The van der Waals surface area contributed by atoms with Crippen molar-refractivity contribution in [2.24, 2.45) is 0 Å². The molecule has 0 aromatic heterocycles. The summed E-state index contributed by atoms with van der Waals surface area (Å²) >= 11 is 2.23. The first-order chi connectivity index (χ1) is 12.6. The van der Waals surface area contributed by atoms with Crippen LogP contribution in [0.15, 0.2) is 48.5 Å². The fourth-order valence-corrected chi connectivity index (χ4v) is 2.54. The number of benzene rings is 2. The molecule has 6 nitrogen and oxygen atoms in total. The molecule has 2 aromatic rings. The number of methoxy groups -OCH3 is 1. The minimum atomic E-state index is -0.152. The largest absolute Gasteiger partial charge is 0.385 e. The van der Waals surface area contributed by atoms with Gasteiger partial charge in [0, 0.05) is 40.8 Å². The zero-order valence-corrected chi connectivity index (χ0v) is 16.7. The highest BCUT2D eigenvalue weighted by atomic mass is 127. The number of amides is 2. The van der Waals surface area contributed by atoms with Crippen LogP contribution >= 0.6 is 22.6 Å². The summed E-state index contributed by atoms with van der Waals surface area (Å²) in [6.45, 7) is 1.35. The summed E-state index contributed by atoms with van der Waals surface area (Å²) in [6, 6.07) is 14.6. The van der Waals surface area contributed by atoms with Gasteiger partial charge < -0.3 is 20.7 Å². The van der Waals surface area contributed by atoms with Gasteiger partial charge in [-0.05, 0) is 77.5 Å². The maximum atomic E-state index is 12.0. The summed E-state index contributed by atoms with van der Waals surface area (Å²) in [7, 11) is 1.63. The van der Waals surface area contributed by atoms with E-state index in [1.54, 1.807) is 31.4 Å². The molecule has 2 rings (SSSR count). The molecule has 0 fully saturated rings.